The molecule has 1 amide bonds. The number of carboxylic acid groups (broad SMARTS) is 1. The summed E-state index contributed by atoms with van der Waals surface area (Å²) in [7, 11) is 0. The number of likely N-dealkylation sites (tertiary alicyclic amines) is 1. The minimum atomic E-state index is -0.857. The van der Waals surface area contributed by atoms with E-state index in [-0.39, 0.29) is 17.3 Å². The van der Waals surface area contributed by atoms with Gasteiger partial charge in [-0.3, -0.25) is 0 Å². The van der Waals surface area contributed by atoms with Crippen LogP contribution in [0.2, 0.25) is 0 Å². The number of carbonyl (C=O) groups is 1. The van der Waals surface area contributed by atoms with Gasteiger partial charge in [0.05, 0.1) is 12.0 Å². The van der Waals surface area contributed by atoms with Gasteiger partial charge < -0.3 is 10.0 Å². The van der Waals surface area contributed by atoms with Crippen LogP contribution in [-0.2, 0) is 0 Å². The Hall–Kier alpha value is -2.02. The molecular formula is C15H16N2O2. The van der Waals surface area contributed by atoms with E-state index in [1.807, 2.05) is 30.3 Å². The minimum Gasteiger partial charge on any atom is -0.465 e. The fourth-order valence-corrected chi connectivity index (χ4v) is 3.46. The molecule has 4 nitrogen and oxygen atoms in total. The van der Waals surface area contributed by atoms with Gasteiger partial charge in [-0.25, -0.2) is 4.79 Å². The van der Waals surface area contributed by atoms with Crippen LogP contribution in [-0.4, -0.2) is 29.2 Å². The predicted octanol–water partition coefficient (Wildman–Crippen LogP) is 2.68. The van der Waals surface area contributed by atoms with Crippen molar-refractivity contribution in [2.75, 3.05) is 13.1 Å². The van der Waals surface area contributed by atoms with Gasteiger partial charge in [-0.05, 0) is 23.8 Å². The zero-order valence-corrected chi connectivity index (χ0v) is 10.6. The Kier molecular flexibility index (Phi) is 2.70. The molecule has 3 unspecified atom stereocenters. The van der Waals surface area contributed by atoms with Gasteiger partial charge in [-0.15, -0.1) is 0 Å². The Morgan fingerprint density at radius 1 is 1.42 bits per heavy atom. The van der Waals surface area contributed by atoms with Crippen molar-refractivity contribution >= 4 is 6.09 Å². The molecule has 1 aromatic carbocycles. The highest BCUT2D eigenvalue weighted by atomic mass is 16.4. The molecule has 1 saturated carbocycles. The molecular weight excluding hydrogens is 240 g/mol. The first kappa shape index (κ1) is 12.0. The zero-order valence-electron chi connectivity index (χ0n) is 10.6. The lowest BCUT2D eigenvalue weighted by Crippen LogP contribution is -2.43. The molecule has 2 fully saturated rings. The second-order valence-electron chi connectivity index (χ2n) is 5.56. The van der Waals surface area contributed by atoms with E-state index in [9.17, 15) is 15.2 Å². The number of piperidine rings is 1. The van der Waals surface area contributed by atoms with Gasteiger partial charge in [0.25, 0.3) is 0 Å². The van der Waals surface area contributed by atoms with Gasteiger partial charge in [-0.1, -0.05) is 30.3 Å². The summed E-state index contributed by atoms with van der Waals surface area (Å²) in [5.74, 6) is 0.247. The largest absolute Gasteiger partial charge is 0.465 e. The molecule has 3 rings (SSSR count). The van der Waals surface area contributed by atoms with Gasteiger partial charge in [-0.2, -0.15) is 5.26 Å². The number of benzene rings is 1. The molecule has 19 heavy (non-hydrogen) atoms. The maximum Gasteiger partial charge on any atom is 0.407 e. The van der Waals surface area contributed by atoms with Crippen LogP contribution in [0.4, 0.5) is 4.79 Å². The van der Waals surface area contributed by atoms with Gasteiger partial charge in [0, 0.05) is 19.0 Å². The van der Waals surface area contributed by atoms with Crippen LogP contribution in [0.15, 0.2) is 30.3 Å². The lowest BCUT2D eigenvalue weighted by Gasteiger charge is -2.38. The van der Waals surface area contributed by atoms with Crippen LogP contribution >= 0.6 is 0 Å². The van der Waals surface area contributed by atoms with E-state index in [0.717, 1.165) is 18.4 Å². The van der Waals surface area contributed by atoms with Crippen molar-refractivity contribution in [3.8, 4) is 6.07 Å². The molecule has 2 aliphatic rings. The highest BCUT2D eigenvalue weighted by molar-refractivity contribution is 5.65. The number of rotatable bonds is 1. The summed E-state index contributed by atoms with van der Waals surface area (Å²) >= 11 is 0. The molecule has 98 valence electrons. The SMILES string of the molecule is N#CC1CC12CCN(C(=O)O)CC2c1ccccc1. The van der Waals surface area contributed by atoms with Crippen molar-refractivity contribution in [3.63, 3.8) is 0 Å². The highest BCUT2D eigenvalue weighted by Gasteiger charge is 2.61. The van der Waals surface area contributed by atoms with Crippen LogP contribution in [0.3, 0.4) is 0 Å². The zero-order chi connectivity index (χ0) is 13.5. The van der Waals surface area contributed by atoms with Crippen molar-refractivity contribution in [1.29, 1.82) is 5.26 Å². The number of hydrogen-bond donors (Lipinski definition) is 1. The summed E-state index contributed by atoms with van der Waals surface area (Å²) in [5, 5.41) is 18.4. The molecule has 0 bridgehead atoms. The summed E-state index contributed by atoms with van der Waals surface area (Å²) in [6.45, 7) is 1.06. The lowest BCUT2D eigenvalue weighted by atomic mass is 9.76. The van der Waals surface area contributed by atoms with Crippen LogP contribution in [0, 0.1) is 22.7 Å². The number of nitriles is 1. The second-order valence-corrected chi connectivity index (χ2v) is 5.56. The highest BCUT2D eigenvalue weighted by Crippen LogP contribution is 2.64. The van der Waals surface area contributed by atoms with E-state index < -0.39 is 6.09 Å². The van der Waals surface area contributed by atoms with E-state index >= 15 is 0 Å². The van der Waals surface area contributed by atoms with E-state index in [1.165, 1.54) is 4.90 Å². The third-order valence-corrected chi connectivity index (χ3v) is 4.69. The third-order valence-electron chi connectivity index (χ3n) is 4.69. The molecule has 1 heterocycles. The maximum absolute atomic E-state index is 11.2. The minimum absolute atomic E-state index is 0.0159. The van der Waals surface area contributed by atoms with E-state index in [0.29, 0.717) is 13.1 Å². The fraction of sp³-hybridized carbons (Fsp3) is 0.467. The lowest BCUT2D eigenvalue weighted by molar-refractivity contribution is 0.107. The maximum atomic E-state index is 11.2. The van der Waals surface area contributed by atoms with E-state index in [4.69, 9.17) is 0 Å². The van der Waals surface area contributed by atoms with Crippen molar-refractivity contribution in [2.45, 2.75) is 18.8 Å². The van der Waals surface area contributed by atoms with Gasteiger partial charge in [0.2, 0.25) is 0 Å². The Balaban J connectivity index is 1.91. The summed E-state index contributed by atoms with van der Waals surface area (Å²) in [5.41, 5.74) is 1.17. The first-order valence-corrected chi connectivity index (χ1v) is 6.60. The number of amides is 1. The van der Waals surface area contributed by atoms with Gasteiger partial charge in [0.15, 0.2) is 0 Å². The molecule has 1 aromatic rings. The Morgan fingerprint density at radius 3 is 2.74 bits per heavy atom. The van der Waals surface area contributed by atoms with E-state index in [2.05, 4.69) is 6.07 Å². The van der Waals surface area contributed by atoms with Crippen LogP contribution in [0.25, 0.3) is 0 Å². The molecule has 3 atom stereocenters. The van der Waals surface area contributed by atoms with E-state index in [1.54, 1.807) is 0 Å². The molecule has 1 spiro atoms. The average molecular weight is 256 g/mol. The summed E-state index contributed by atoms with van der Waals surface area (Å²) in [6, 6.07) is 12.4. The van der Waals surface area contributed by atoms with Gasteiger partial charge >= 0.3 is 6.09 Å². The molecule has 1 aliphatic heterocycles. The first-order chi connectivity index (χ1) is 9.17. The molecule has 4 heteroatoms. The average Bonchev–Trinajstić information content (AvgIpc) is 3.13. The number of hydrogen-bond acceptors (Lipinski definition) is 2. The Labute approximate surface area is 112 Å². The number of nitrogens with zero attached hydrogens (tertiary/aromatic N) is 2. The summed E-state index contributed by atoms with van der Waals surface area (Å²) < 4.78 is 0. The standard InChI is InChI=1S/C15H16N2O2/c16-9-12-8-15(12)6-7-17(14(18)19)10-13(15)11-4-2-1-3-5-11/h1-5,12-13H,6-8,10H2,(H,18,19). The topological polar surface area (TPSA) is 64.3 Å². The van der Waals surface area contributed by atoms with Gasteiger partial charge in [0.1, 0.15) is 0 Å². The Morgan fingerprint density at radius 2 is 2.16 bits per heavy atom. The second kappa shape index (κ2) is 4.27. The van der Waals surface area contributed by atoms with Crippen molar-refractivity contribution in [2.24, 2.45) is 11.3 Å². The molecule has 1 N–H and O–H groups in total. The van der Waals surface area contributed by atoms with Crippen LogP contribution in [0.5, 0.6) is 0 Å². The molecule has 1 saturated heterocycles. The van der Waals surface area contributed by atoms with Crippen molar-refractivity contribution in [3.05, 3.63) is 35.9 Å². The molecule has 0 aromatic heterocycles. The van der Waals surface area contributed by atoms with Crippen molar-refractivity contribution < 1.29 is 9.90 Å². The first-order valence-electron chi connectivity index (χ1n) is 6.60. The normalized spacial score (nSPS) is 32.9. The molecule has 0 radical (unpaired) electrons. The quantitative estimate of drug-likeness (QED) is 0.840. The Bertz CT molecular complexity index is 537. The summed E-state index contributed by atoms with van der Waals surface area (Å²) in [6.07, 6.45) is 0.859. The van der Waals surface area contributed by atoms with Crippen molar-refractivity contribution in [1.82, 2.24) is 4.90 Å². The fourth-order valence-electron chi connectivity index (χ4n) is 3.46. The van der Waals surface area contributed by atoms with Crippen LogP contribution in [0.1, 0.15) is 24.3 Å². The third kappa shape index (κ3) is 1.86. The smallest absolute Gasteiger partial charge is 0.407 e. The molecule has 1 aliphatic carbocycles. The monoisotopic (exact) mass is 256 g/mol. The summed E-state index contributed by atoms with van der Waals surface area (Å²) in [4.78, 5) is 12.7. The van der Waals surface area contributed by atoms with Crippen LogP contribution < -0.4 is 0 Å². The predicted molar refractivity (Wildman–Crippen MR) is 69.6 cm³/mol.